The lowest BCUT2D eigenvalue weighted by atomic mass is 10.1. The first kappa shape index (κ1) is 11.1. The lowest BCUT2D eigenvalue weighted by molar-refractivity contribution is 0.195. The number of hydrogen-bond donors (Lipinski definition) is 0. The number of methoxy groups -OCH3 is 1. The van der Waals surface area contributed by atoms with Gasteiger partial charge >= 0.3 is 0 Å². The zero-order valence-corrected chi connectivity index (χ0v) is 10.8. The molecule has 2 atom stereocenters. The van der Waals surface area contributed by atoms with Crippen molar-refractivity contribution in [2.24, 2.45) is 0 Å². The molecule has 0 aromatic heterocycles. The number of likely N-dealkylation sites (tertiary alicyclic amines) is 1. The SMILES string of the molecule is COc1ccc2c(c1)C[C@@H](N1CCC[C@H]1C)C2. The Morgan fingerprint density at radius 3 is 2.76 bits per heavy atom. The molecular weight excluding hydrogens is 210 g/mol. The van der Waals surface area contributed by atoms with E-state index in [1.54, 1.807) is 7.11 Å². The van der Waals surface area contributed by atoms with Gasteiger partial charge in [-0.05, 0) is 62.4 Å². The minimum atomic E-state index is 0.731. The molecule has 2 nitrogen and oxygen atoms in total. The highest BCUT2D eigenvalue weighted by Crippen LogP contribution is 2.32. The van der Waals surface area contributed by atoms with Crippen molar-refractivity contribution >= 4 is 0 Å². The summed E-state index contributed by atoms with van der Waals surface area (Å²) < 4.78 is 5.31. The quantitative estimate of drug-likeness (QED) is 0.776. The third kappa shape index (κ3) is 1.95. The number of rotatable bonds is 2. The zero-order chi connectivity index (χ0) is 11.8. The first-order valence-electron chi connectivity index (χ1n) is 6.69. The third-order valence-corrected chi connectivity index (χ3v) is 4.40. The van der Waals surface area contributed by atoms with Crippen LogP contribution in [-0.2, 0) is 12.8 Å². The van der Waals surface area contributed by atoms with Crippen LogP contribution in [0.15, 0.2) is 18.2 Å². The Bertz CT molecular complexity index is 415. The van der Waals surface area contributed by atoms with Gasteiger partial charge in [-0.25, -0.2) is 0 Å². The number of ether oxygens (including phenoxy) is 1. The van der Waals surface area contributed by atoms with Crippen molar-refractivity contribution in [3.05, 3.63) is 29.3 Å². The second kappa shape index (κ2) is 4.34. The zero-order valence-electron chi connectivity index (χ0n) is 10.8. The van der Waals surface area contributed by atoms with Crippen LogP contribution in [-0.4, -0.2) is 30.6 Å². The summed E-state index contributed by atoms with van der Waals surface area (Å²) in [6, 6.07) is 8.06. The molecule has 0 bridgehead atoms. The Hall–Kier alpha value is -1.02. The summed E-state index contributed by atoms with van der Waals surface area (Å²) in [5.41, 5.74) is 3.02. The molecule has 1 heterocycles. The van der Waals surface area contributed by atoms with Gasteiger partial charge < -0.3 is 4.74 Å². The maximum atomic E-state index is 5.31. The maximum absolute atomic E-state index is 5.31. The van der Waals surface area contributed by atoms with Crippen LogP contribution in [0.5, 0.6) is 5.75 Å². The van der Waals surface area contributed by atoms with E-state index in [-0.39, 0.29) is 0 Å². The van der Waals surface area contributed by atoms with Gasteiger partial charge in [0.25, 0.3) is 0 Å². The Kier molecular flexibility index (Phi) is 2.83. The summed E-state index contributed by atoms with van der Waals surface area (Å²) in [6.07, 6.45) is 5.17. The van der Waals surface area contributed by atoms with Crippen molar-refractivity contribution in [3.8, 4) is 5.75 Å². The van der Waals surface area contributed by atoms with E-state index >= 15 is 0 Å². The second-order valence-electron chi connectivity index (χ2n) is 5.43. The van der Waals surface area contributed by atoms with Gasteiger partial charge in [0.1, 0.15) is 5.75 Å². The summed E-state index contributed by atoms with van der Waals surface area (Å²) in [5, 5.41) is 0. The number of nitrogens with zero attached hydrogens (tertiary/aromatic N) is 1. The number of hydrogen-bond acceptors (Lipinski definition) is 2. The van der Waals surface area contributed by atoms with Gasteiger partial charge in [-0.15, -0.1) is 0 Å². The summed E-state index contributed by atoms with van der Waals surface area (Å²) in [6.45, 7) is 3.66. The molecular formula is C15H21NO. The van der Waals surface area contributed by atoms with Crippen molar-refractivity contribution in [2.45, 2.75) is 44.7 Å². The fraction of sp³-hybridized carbons (Fsp3) is 0.600. The minimum absolute atomic E-state index is 0.731. The Morgan fingerprint density at radius 1 is 1.24 bits per heavy atom. The Morgan fingerprint density at radius 2 is 2.06 bits per heavy atom. The predicted octanol–water partition coefficient (Wildman–Crippen LogP) is 2.65. The van der Waals surface area contributed by atoms with Crippen molar-refractivity contribution in [2.75, 3.05) is 13.7 Å². The standard InChI is InChI=1S/C15H21NO/c1-11-4-3-7-16(11)14-8-12-5-6-15(17-2)10-13(12)9-14/h5-6,10-11,14H,3-4,7-9H2,1-2H3/t11-,14+/m1/s1. The molecule has 0 radical (unpaired) electrons. The molecule has 1 aromatic carbocycles. The molecule has 92 valence electrons. The molecule has 0 spiro atoms. The monoisotopic (exact) mass is 231 g/mol. The lowest BCUT2D eigenvalue weighted by Gasteiger charge is -2.27. The average Bonchev–Trinajstić information content (AvgIpc) is 2.93. The van der Waals surface area contributed by atoms with E-state index in [0.717, 1.165) is 17.8 Å². The van der Waals surface area contributed by atoms with Gasteiger partial charge in [0, 0.05) is 12.1 Å². The number of benzene rings is 1. The molecule has 1 saturated heterocycles. The third-order valence-electron chi connectivity index (χ3n) is 4.40. The van der Waals surface area contributed by atoms with Crippen LogP contribution in [0.3, 0.4) is 0 Å². The van der Waals surface area contributed by atoms with Crippen molar-refractivity contribution in [1.29, 1.82) is 0 Å². The number of fused-ring (bicyclic) bond motifs is 1. The molecule has 0 amide bonds. The van der Waals surface area contributed by atoms with Crippen LogP contribution >= 0.6 is 0 Å². The second-order valence-corrected chi connectivity index (χ2v) is 5.43. The van der Waals surface area contributed by atoms with Crippen LogP contribution in [0.4, 0.5) is 0 Å². The fourth-order valence-electron chi connectivity index (χ4n) is 3.43. The van der Waals surface area contributed by atoms with Gasteiger partial charge in [-0.2, -0.15) is 0 Å². The summed E-state index contributed by atoms with van der Waals surface area (Å²) in [5.74, 6) is 0.999. The first-order chi connectivity index (χ1) is 8.28. The van der Waals surface area contributed by atoms with Gasteiger partial charge in [-0.3, -0.25) is 4.90 Å². The summed E-state index contributed by atoms with van der Waals surface area (Å²) in [4.78, 5) is 2.70. The molecule has 1 aliphatic carbocycles. The van der Waals surface area contributed by atoms with Crippen LogP contribution < -0.4 is 4.74 Å². The van der Waals surface area contributed by atoms with Crippen LogP contribution in [0.2, 0.25) is 0 Å². The molecule has 1 fully saturated rings. The highest BCUT2D eigenvalue weighted by atomic mass is 16.5. The van der Waals surface area contributed by atoms with E-state index < -0.39 is 0 Å². The van der Waals surface area contributed by atoms with E-state index in [0.29, 0.717) is 0 Å². The molecule has 1 aromatic rings. The van der Waals surface area contributed by atoms with E-state index in [2.05, 4.69) is 30.0 Å². The van der Waals surface area contributed by atoms with Crippen molar-refractivity contribution in [3.63, 3.8) is 0 Å². The molecule has 2 heteroatoms. The van der Waals surface area contributed by atoms with Crippen LogP contribution in [0, 0.1) is 0 Å². The topological polar surface area (TPSA) is 12.5 Å². The lowest BCUT2D eigenvalue weighted by Crippen LogP contribution is -2.38. The van der Waals surface area contributed by atoms with E-state index in [1.165, 1.54) is 43.4 Å². The minimum Gasteiger partial charge on any atom is -0.497 e. The molecule has 1 aliphatic heterocycles. The Balaban J connectivity index is 1.78. The molecule has 2 aliphatic rings. The predicted molar refractivity (Wildman–Crippen MR) is 69.6 cm³/mol. The average molecular weight is 231 g/mol. The van der Waals surface area contributed by atoms with Gasteiger partial charge in [0.15, 0.2) is 0 Å². The van der Waals surface area contributed by atoms with Gasteiger partial charge in [-0.1, -0.05) is 6.07 Å². The van der Waals surface area contributed by atoms with E-state index in [4.69, 9.17) is 4.74 Å². The molecule has 0 unspecified atom stereocenters. The molecule has 3 rings (SSSR count). The van der Waals surface area contributed by atoms with Crippen LogP contribution in [0.25, 0.3) is 0 Å². The molecule has 17 heavy (non-hydrogen) atoms. The van der Waals surface area contributed by atoms with Gasteiger partial charge in [0.2, 0.25) is 0 Å². The normalized spacial score (nSPS) is 28.4. The maximum Gasteiger partial charge on any atom is 0.119 e. The highest BCUT2D eigenvalue weighted by Gasteiger charge is 2.32. The largest absolute Gasteiger partial charge is 0.497 e. The summed E-state index contributed by atoms with van der Waals surface area (Å²) >= 11 is 0. The molecule has 0 N–H and O–H groups in total. The smallest absolute Gasteiger partial charge is 0.119 e. The van der Waals surface area contributed by atoms with Crippen LogP contribution in [0.1, 0.15) is 30.9 Å². The first-order valence-corrected chi connectivity index (χ1v) is 6.69. The van der Waals surface area contributed by atoms with Crippen molar-refractivity contribution < 1.29 is 4.74 Å². The fourth-order valence-corrected chi connectivity index (χ4v) is 3.43. The summed E-state index contributed by atoms with van der Waals surface area (Å²) in [7, 11) is 1.75. The van der Waals surface area contributed by atoms with E-state index in [9.17, 15) is 0 Å². The molecule has 0 saturated carbocycles. The van der Waals surface area contributed by atoms with Gasteiger partial charge in [0.05, 0.1) is 7.11 Å². The van der Waals surface area contributed by atoms with E-state index in [1.807, 2.05) is 0 Å². The Labute approximate surface area is 104 Å². The highest BCUT2D eigenvalue weighted by molar-refractivity contribution is 5.40. The van der Waals surface area contributed by atoms with Crippen molar-refractivity contribution in [1.82, 2.24) is 4.90 Å².